The molecule has 4 atom stereocenters. The van der Waals surface area contributed by atoms with Crippen LogP contribution >= 0.6 is 0 Å². The number of aliphatic hydroxyl groups is 2. The molecule has 14 N–H and O–H groups in total. The van der Waals surface area contributed by atoms with Gasteiger partial charge >= 0.3 is 0 Å². The van der Waals surface area contributed by atoms with Gasteiger partial charge in [0.25, 0.3) is 0 Å². The molecular formula is C30H42N8O2. The van der Waals surface area contributed by atoms with Crippen LogP contribution in [-0.2, 0) is 12.8 Å². The van der Waals surface area contributed by atoms with E-state index in [-0.39, 0.29) is 11.9 Å². The van der Waals surface area contributed by atoms with E-state index < -0.39 is 24.3 Å². The van der Waals surface area contributed by atoms with Crippen molar-refractivity contribution in [1.29, 1.82) is 10.8 Å². The molecule has 0 saturated heterocycles. The normalized spacial score (nSPS) is 14.1. The van der Waals surface area contributed by atoms with Crippen LogP contribution in [0.1, 0.15) is 70.5 Å². The van der Waals surface area contributed by atoms with Gasteiger partial charge in [0.2, 0.25) is 0 Å². The van der Waals surface area contributed by atoms with Crippen LogP contribution in [0.3, 0.4) is 0 Å². The van der Waals surface area contributed by atoms with E-state index in [0.29, 0.717) is 38.8 Å². The standard InChI is InChI=1S/C30H42N8O2/c31-25(17-27(39)23-8-1-4-19(14-23)10-12-37-29(33)34)21-6-3-7-22(16-21)26(32)18-28(40)24-9-2-5-20(15-24)11-13-38-30(35)36/h1-9,14-16,25-28,39-40H,10-13,17-18,31-32H2,(H4,33,34,37)(H4,35,36,38). The Morgan fingerprint density at radius 3 is 1.40 bits per heavy atom. The lowest BCUT2D eigenvalue weighted by Gasteiger charge is -2.21. The number of nitrogens with one attached hydrogen (secondary N) is 4. The number of nitrogens with two attached hydrogens (primary N) is 4. The molecule has 0 bridgehead atoms. The van der Waals surface area contributed by atoms with Crippen LogP contribution in [0.15, 0.2) is 72.8 Å². The lowest BCUT2D eigenvalue weighted by molar-refractivity contribution is 0.157. The third-order valence-electron chi connectivity index (χ3n) is 6.85. The molecule has 0 radical (unpaired) electrons. The van der Waals surface area contributed by atoms with Gasteiger partial charge in [-0.05, 0) is 59.1 Å². The molecule has 10 nitrogen and oxygen atoms in total. The highest BCUT2D eigenvalue weighted by molar-refractivity contribution is 5.74. The fourth-order valence-corrected chi connectivity index (χ4v) is 4.64. The van der Waals surface area contributed by atoms with Gasteiger partial charge in [-0.1, -0.05) is 72.8 Å². The van der Waals surface area contributed by atoms with Crippen molar-refractivity contribution >= 4 is 11.9 Å². The predicted octanol–water partition coefficient (Wildman–Crippen LogP) is 1.98. The monoisotopic (exact) mass is 546 g/mol. The number of hydrogen-bond donors (Lipinski definition) is 10. The third kappa shape index (κ3) is 9.65. The van der Waals surface area contributed by atoms with E-state index in [9.17, 15) is 10.2 Å². The van der Waals surface area contributed by atoms with Gasteiger partial charge in [-0.25, -0.2) is 0 Å². The molecule has 0 aliphatic heterocycles. The summed E-state index contributed by atoms with van der Waals surface area (Å²) in [5.41, 5.74) is 29.0. The number of aliphatic hydroxyl groups excluding tert-OH is 2. The Balaban J connectivity index is 1.59. The van der Waals surface area contributed by atoms with Crippen LogP contribution in [0.4, 0.5) is 0 Å². The van der Waals surface area contributed by atoms with Crippen molar-refractivity contribution in [1.82, 2.24) is 10.6 Å². The van der Waals surface area contributed by atoms with Gasteiger partial charge in [-0.15, -0.1) is 0 Å². The Hall–Kier alpha value is -3.96. The Kier molecular flexibility index (Phi) is 11.5. The summed E-state index contributed by atoms with van der Waals surface area (Å²) in [6, 6.07) is 22.3. The first-order chi connectivity index (χ1) is 19.1. The number of rotatable bonds is 14. The SMILES string of the molecule is N=C(N)NCCc1cccc(C(O)CC(N)c2cccc(C(N)CC(O)c3cccc(CCNC(=N)N)c3)c2)c1. The van der Waals surface area contributed by atoms with Gasteiger partial charge in [0.05, 0.1) is 12.2 Å². The lowest BCUT2D eigenvalue weighted by Crippen LogP contribution is -2.31. The van der Waals surface area contributed by atoms with Gasteiger partial charge in [0, 0.05) is 25.2 Å². The summed E-state index contributed by atoms with van der Waals surface area (Å²) in [7, 11) is 0. The van der Waals surface area contributed by atoms with Crippen LogP contribution < -0.4 is 33.6 Å². The maximum atomic E-state index is 10.9. The molecule has 40 heavy (non-hydrogen) atoms. The molecule has 0 aliphatic rings. The molecule has 0 fully saturated rings. The summed E-state index contributed by atoms with van der Waals surface area (Å²) in [5.74, 6) is -0.133. The van der Waals surface area contributed by atoms with Crippen molar-refractivity contribution in [3.63, 3.8) is 0 Å². The van der Waals surface area contributed by atoms with Crippen molar-refractivity contribution in [3.8, 4) is 0 Å². The van der Waals surface area contributed by atoms with E-state index in [2.05, 4.69) is 10.6 Å². The first-order valence-corrected chi connectivity index (χ1v) is 13.4. The second kappa shape index (κ2) is 15.0. The zero-order valence-corrected chi connectivity index (χ0v) is 22.7. The van der Waals surface area contributed by atoms with Crippen LogP contribution in [0, 0.1) is 10.8 Å². The average molecular weight is 547 g/mol. The van der Waals surface area contributed by atoms with Crippen LogP contribution in [0.2, 0.25) is 0 Å². The van der Waals surface area contributed by atoms with Crippen LogP contribution in [-0.4, -0.2) is 35.2 Å². The lowest BCUT2D eigenvalue weighted by atomic mass is 9.92. The van der Waals surface area contributed by atoms with E-state index in [1.54, 1.807) is 0 Å². The summed E-state index contributed by atoms with van der Waals surface area (Å²) >= 11 is 0. The minimum absolute atomic E-state index is 0.0666. The Morgan fingerprint density at radius 2 is 1.00 bits per heavy atom. The number of hydrogen-bond acceptors (Lipinski definition) is 6. The summed E-state index contributed by atoms with van der Waals surface area (Å²) < 4.78 is 0. The van der Waals surface area contributed by atoms with Crippen LogP contribution in [0.5, 0.6) is 0 Å². The highest BCUT2D eigenvalue weighted by Crippen LogP contribution is 2.29. The molecule has 3 aromatic carbocycles. The second-order valence-electron chi connectivity index (χ2n) is 10.1. The topological polar surface area (TPSA) is 216 Å². The van der Waals surface area contributed by atoms with E-state index in [4.69, 9.17) is 33.8 Å². The first-order valence-electron chi connectivity index (χ1n) is 13.4. The highest BCUT2D eigenvalue weighted by atomic mass is 16.3. The van der Waals surface area contributed by atoms with Gasteiger partial charge in [0.1, 0.15) is 0 Å². The first kappa shape index (κ1) is 30.6. The summed E-state index contributed by atoms with van der Waals surface area (Å²) in [6.45, 7) is 1.08. The van der Waals surface area contributed by atoms with Crippen molar-refractivity contribution in [2.45, 2.75) is 50.0 Å². The molecule has 0 saturated carbocycles. The Bertz CT molecular complexity index is 1170. The van der Waals surface area contributed by atoms with Crippen molar-refractivity contribution in [2.75, 3.05) is 13.1 Å². The van der Waals surface area contributed by atoms with E-state index in [0.717, 1.165) is 33.4 Å². The zero-order valence-electron chi connectivity index (χ0n) is 22.7. The molecule has 0 amide bonds. The third-order valence-corrected chi connectivity index (χ3v) is 6.85. The Labute approximate surface area is 235 Å². The maximum absolute atomic E-state index is 10.9. The molecule has 3 aromatic rings. The molecule has 10 heteroatoms. The summed E-state index contributed by atoms with van der Waals surface area (Å²) in [5, 5.41) is 41.9. The molecular weight excluding hydrogens is 504 g/mol. The fourth-order valence-electron chi connectivity index (χ4n) is 4.64. The minimum Gasteiger partial charge on any atom is -0.388 e. The minimum atomic E-state index is -0.743. The van der Waals surface area contributed by atoms with E-state index >= 15 is 0 Å². The van der Waals surface area contributed by atoms with Crippen molar-refractivity contribution in [2.24, 2.45) is 22.9 Å². The summed E-state index contributed by atoms with van der Waals surface area (Å²) in [6.07, 6.45) is 0.544. The van der Waals surface area contributed by atoms with E-state index in [1.807, 2.05) is 72.8 Å². The smallest absolute Gasteiger partial charge is 0.185 e. The highest BCUT2D eigenvalue weighted by Gasteiger charge is 2.18. The van der Waals surface area contributed by atoms with Crippen LogP contribution in [0.25, 0.3) is 0 Å². The van der Waals surface area contributed by atoms with Crippen molar-refractivity contribution in [3.05, 3.63) is 106 Å². The largest absolute Gasteiger partial charge is 0.388 e. The number of benzene rings is 3. The maximum Gasteiger partial charge on any atom is 0.185 e. The Morgan fingerprint density at radius 1 is 0.625 bits per heavy atom. The van der Waals surface area contributed by atoms with Gasteiger partial charge in [-0.2, -0.15) is 0 Å². The molecule has 3 rings (SSSR count). The molecule has 0 aromatic heterocycles. The molecule has 0 heterocycles. The van der Waals surface area contributed by atoms with Gasteiger partial charge < -0.3 is 43.8 Å². The predicted molar refractivity (Wildman–Crippen MR) is 160 cm³/mol. The molecule has 4 unspecified atom stereocenters. The zero-order chi connectivity index (χ0) is 29.1. The molecule has 0 spiro atoms. The van der Waals surface area contributed by atoms with Gasteiger partial charge in [-0.3, -0.25) is 10.8 Å². The number of guanidine groups is 2. The second-order valence-corrected chi connectivity index (χ2v) is 10.1. The summed E-state index contributed by atoms with van der Waals surface area (Å²) in [4.78, 5) is 0. The quantitative estimate of drug-likeness (QED) is 0.106. The average Bonchev–Trinajstić information content (AvgIpc) is 2.93. The van der Waals surface area contributed by atoms with Gasteiger partial charge in [0.15, 0.2) is 11.9 Å². The molecule has 214 valence electrons. The fraction of sp³-hybridized carbons (Fsp3) is 0.333. The van der Waals surface area contributed by atoms with Crippen molar-refractivity contribution < 1.29 is 10.2 Å². The molecule has 0 aliphatic carbocycles. The van der Waals surface area contributed by atoms with E-state index in [1.165, 1.54) is 0 Å².